The zero-order chi connectivity index (χ0) is 14.4. The minimum absolute atomic E-state index is 0.476. The topological polar surface area (TPSA) is 0 Å². The molecule has 0 heterocycles. The van der Waals surface area contributed by atoms with Gasteiger partial charge in [-0.2, -0.15) is 0 Å². The number of benzene rings is 3. The van der Waals surface area contributed by atoms with Crippen molar-refractivity contribution in [3.8, 4) is 11.1 Å². The summed E-state index contributed by atoms with van der Waals surface area (Å²) < 4.78 is 1.21. The van der Waals surface area contributed by atoms with E-state index in [0.29, 0.717) is 5.92 Å². The Bertz CT molecular complexity index is 869. The molecule has 1 unspecified atom stereocenters. The lowest BCUT2D eigenvalue weighted by Gasteiger charge is -2.14. The Morgan fingerprint density at radius 1 is 0.857 bits per heavy atom. The Morgan fingerprint density at radius 2 is 1.67 bits per heavy atom. The van der Waals surface area contributed by atoms with Crippen LogP contribution in [-0.2, 0) is 0 Å². The van der Waals surface area contributed by atoms with Crippen LogP contribution in [-0.4, -0.2) is 0 Å². The normalized spacial score (nSPS) is 16.4. The molecule has 0 fully saturated rings. The average molecular weight is 335 g/mol. The minimum atomic E-state index is 0.476. The molecule has 0 saturated carbocycles. The third-order valence-electron chi connectivity index (χ3n) is 4.32. The van der Waals surface area contributed by atoms with Crippen LogP contribution in [0.5, 0.6) is 0 Å². The lowest BCUT2D eigenvalue weighted by atomic mass is 9.91. The standard InChI is InChI=1S/C20H15Br/c1-13-9-10-18-17(11-12-19(21)20(13)18)16-8-4-6-14-5-2-3-7-15(14)16/h2-13H,1H3. The van der Waals surface area contributed by atoms with Crippen molar-refractivity contribution in [1.82, 2.24) is 0 Å². The van der Waals surface area contributed by atoms with Gasteiger partial charge >= 0.3 is 0 Å². The zero-order valence-electron chi connectivity index (χ0n) is 11.8. The molecule has 1 atom stereocenters. The van der Waals surface area contributed by atoms with Gasteiger partial charge in [0.05, 0.1) is 0 Å². The lowest BCUT2D eigenvalue weighted by molar-refractivity contribution is 0.982. The van der Waals surface area contributed by atoms with Gasteiger partial charge < -0.3 is 0 Å². The van der Waals surface area contributed by atoms with E-state index < -0.39 is 0 Å². The first kappa shape index (κ1) is 12.8. The van der Waals surface area contributed by atoms with Crippen molar-refractivity contribution in [2.45, 2.75) is 12.8 Å². The summed E-state index contributed by atoms with van der Waals surface area (Å²) in [6.07, 6.45) is 4.55. The van der Waals surface area contributed by atoms with Crippen LogP contribution < -0.4 is 0 Å². The first-order valence-electron chi connectivity index (χ1n) is 7.24. The smallest absolute Gasteiger partial charge is 0.0219 e. The van der Waals surface area contributed by atoms with Crippen molar-refractivity contribution in [1.29, 1.82) is 0 Å². The maximum absolute atomic E-state index is 3.70. The molecule has 0 aromatic heterocycles. The van der Waals surface area contributed by atoms with Gasteiger partial charge in [0.25, 0.3) is 0 Å². The van der Waals surface area contributed by atoms with E-state index in [4.69, 9.17) is 0 Å². The number of rotatable bonds is 1. The van der Waals surface area contributed by atoms with Crippen molar-refractivity contribution in [3.05, 3.63) is 76.3 Å². The van der Waals surface area contributed by atoms with Crippen LogP contribution in [0.2, 0.25) is 0 Å². The fourth-order valence-electron chi connectivity index (χ4n) is 3.28. The average Bonchev–Trinajstić information content (AvgIpc) is 2.90. The van der Waals surface area contributed by atoms with Crippen molar-refractivity contribution in [2.24, 2.45) is 0 Å². The van der Waals surface area contributed by atoms with E-state index in [2.05, 4.69) is 89.6 Å². The molecule has 0 aliphatic heterocycles. The second kappa shape index (κ2) is 4.85. The molecule has 0 nitrogen and oxygen atoms in total. The number of hydrogen-bond acceptors (Lipinski definition) is 0. The van der Waals surface area contributed by atoms with Gasteiger partial charge in [-0.25, -0.2) is 0 Å². The van der Waals surface area contributed by atoms with Crippen LogP contribution in [0.3, 0.4) is 0 Å². The molecule has 0 radical (unpaired) electrons. The van der Waals surface area contributed by atoms with Crippen molar-refractivity contribution in [3.63, 3.8) is 0 Å². The van der Waals surface area contributed by atoms with E-state index in [9.17, 15) is 0 Å². The third kappa shape index (κ3) is 1.96. The maximum atomic E-state index is 3.70. The van der Waals surface area contributed by atoms with Crippen LogP contribution in [0.15, 0.2) is 65.1 Å². The predicted octanol–water partition coefficient (Wildman–Crippen LogP) is 6.40. The van der Waals surface area contributed by atoms with Gasteiger partial charge in [0.15, 0.2) is 0 Å². The van der Waals surface area contributed by atoms with Crippen LogP contribution in [0, 0.1) is 0 Å². The zero-order valence-corrected chi connectivity index (χ0v) is 13.4. The van der Waals surface area contributed by atoms with Crippen molar-refractivity contribution in [2.75, 3.05) is 0 Å². The fraction of sp³-hybridized carbons (Fsp3) is 0.100. The number of fused-ring (bicyclic) bond motifs is 2. The molecule has 0 N–H and O–H groups in total. The molecule has 1 heteroatoms. The van der Waals surface area contributed by atoms with Crippen LogP contribution in [0.1, 0.15) is 24.0 Å². The minimum Gasteiger partial charge on any atom is -0.0766 e. The Morgan fingerprint density at radius 3 is 2.57 bits per heavy atom. The predicted molar refractivity (Wildman–Crippen MR) is 94.5 cm³/mol. The monoisotopic (exact) mass is 334 g/mol. The van der Waals surface area contributed by atoms with Gasteiger partial charge in [-0.05, 0) is 39.1 Å². The Kier molecular flexibility index (Phi) is 2.97. The summed E-state index contributed by atoms with van der Waals surface area (Å²) >= 11 is 3.70. The third-order valence-corrected chi connectivity index (χ3v) is 5.01. The maximum Gasteiger partial charge on any atom is 0.0219 e. The van der Waals surface area contributed by atoms with Crippen LogP contribution in [0.25, 0.3) is 28.0 Å². The number of halogens is 1. The number of hydrogen-bond donors (Lipinski definition) is 0. The Hall–Kier alpha value is -1.86. The summed E-state index contributed by atoms with van der Waals surface area (Å²) in [6.45, 7) is 2.25. The van der Waals surface area contributed by atoms with E-state index >= 15 is 0 Å². The van der Waals surface area contributed by atoms with Gasteiger partial charge in [-0.3, -0.25) is 0 Å². The molecular formula is C20H15Br. The van der Waals surface area contributed by atoms with E-state index in [0.717, 1.165) is 0 Å². The summed E-state index contributed by atoms with van der Waals surface area (Å²) in [6, 6.07) is 19.6. The van der Waals surface area contributed by atoms with Gasteiger partial charge in [0.2, 0.25) is 0 Å². The van der Waals surface area contributed by atoms with E-state index in [1.807, 2.05) is 0 Å². The van der Waals surface area contributed by atoms with Crippen molar-refractivity contribution < 1.29 is 0 Å². The molecular weight excluding hydrogens is 320 g/mol. The first-order valence-corrected chi connectivity index (χ1v) is 8.04. The highest BCUT2D eigenvalue weighted by Gasteiger charge is 2.20. The SMILES string of the molecule is CC1C=Cc2c(-c3cccc4ccccc34)ccc(Br)c21. The molecule has 0 saturated heterocycles. The summed E-state index contributed by atoms with van der Waals surface area (Å²) in [5.74, 6) is 0.476. The Labute approximate surface area is 133 Å². The van der Waals surface area contributed by atoms with Crippen LogP contribution in [0.4, 0.5) is 0 Å². The van der Waals surface area contributed by atoms with Gasteiger partial charge in [0.1, 0.15) is 0 Å². The van der Waals surface area contributed by atoms with Gasteiger partial charge in [-0.15, -0.1) is 0 Å². The van der Waals surface area contributed by atoms with Crippen LogP contribution >= 0.6 is 15.9 Å². The molecule has 1 aliphatic rings. The molecule has 4 rings (SSSR count). The van der Waals surface area contributed by atoms with Crippen molar-refractivity contribution >= 4 is 32.8 Å². The molecule has 21 heavy (non-hydrogen) atoms. The molecule has 0 bridgehead atoms. The number of allylic oxidation sites excluding steroid dienone is 1. The Balaban J connectivity index is 2.05. The molecule has 1 aliphatic carbocycles. The molecule has 0 amide bonds. The van der Waals surface area contributed by atoms with E-state index in [1.165, 1.54) is 37.5 Å². The quantitative estimate of drug-likeness (QED) is 0.483. The largest absolute Gasteiger partial charge is 0.0766 e. The summed E-state index contributed by atoms with van der Waals surface area (Å²) in [4.78, 5) is 0. The second-order valence-electron chi connectivity index (χ2n) is 5.60. The molecule has 3 aromatic carbocycles. The lowest BCUT2D eigenvalue weighted by Crippen LogP contribution is -1.93. The summed E-state index contributed by atoms with van der Waals surface area (Å²) in [5, 5.41) is 2.61. The van der Waals surface area contributed by atoms with E-state index in [-0.39, 0.29) is 0 Å². The molecule has 102 valence electrons. The summed E-state index contributed by atoms with van der Waals surface area (Å²) in [5.41, 5.74) is 5.40. The van der Waals surface area contributed by atoms with Gasteiger partial charge in [-0.1, -0.05) is 83.5 Å². The first-order chi connectivity index (χ1) is 10.3. The van der Waals surface area contributed by atoms with E-state index in [1.54, 1.807) is 0 Å². The molecule has 3 aromatic rings. The second-order valence-corrected chi connectivity index (χ2v) is 6.45. The fourth-order valence-corrected chi connectivity index (χ4v) is 3.99. The highest BCUT2D eigenvalue weighted by Crippen LogP contribution is 2.42. The highest BCUT2D eigenvalue weighted by atomic mass is 79.9. The highest BCUT2D eigenvalue weighted by molar-refractivity contribution is 9.10. The molecule has 0 spiro atoms. The van der Waals surface area contributed by atoms with Gasteiger partial charge in [0, 0.05) is 10.4 Å². The summed E-state index contributed by atoms with van der Waals surface area (Å²) in [7, 11) is 0.